The third-order valence-corrected chi connectivity index (χ3v) is 3.49. The zero-order valence-corrected chi connectivity index (χ0v) is 10.2. The number of nitro benzene ring substituents is 1. The summed E-state index contributed by atoms with van der Waals surface area (Å²) in [6, 6.07) is 6.75. The summed E-state index contributed by atoms with van der Waals surface area (Å²) in [5.41, 5.74) is 7.37. The van der Waals surface area contributed by atoms with Gasteiger partial charge in [0.1, 0.15) is 0 Å². The molecule has 0 bridgehead atoms. The van der Waals surface area contributed by atoms with Gasteiger partial charge < -0.3 is 10.5 Å². The smallest absolute Gasteiger partial charge is 0.269 e. The number of nitro groups is 1. The van der Waals surface area contributed by atoms with Crippen LogP contribution in [0.2, 0.25) is 0 Å². The molecule has 5 heteroatoms. The number of rotatable bonds is 4. The highest BCUT2D eigenvalue weighted by atomic mass is 16.6. The van der Waals surface area contributed by atoms with Gasteiger partial charge in [-0.2, -0.15) is 0 Å². The van der Waals surface area contributed by atoms with Gasteiger partial charge in [0.15, 0.2) is 0 Å². The monoisotopic (exact) mass is 250 g/mol. The van der Waals surface area contributed by atoms with Gasteiger partial charge in [-0.1, -0.05) is 12.1 Å². The quantitative estimate of drug-likeness (QED) is 0.653. The number of nitrogens with zero attached hydrogens (tertiary/aromatic N) is 1. The Balaban J connectivity index is 1.93. The number of hydrogen-bond donors (Lipinski definition) is 1. The van der Waals surface area contributed by atoms with E-state index in [2.05, 4.69) is 0 Å². The van der Waals surface area contributed by atoms with E-state index in [1.165, 1.54) is 12.1 Å². The second-order valence-corrected chi connectivity index (χ2v) is 4.74. The van der Waals surface area contributed by atoms with E-state index in [4.69, 9.17) is 10.5 Å². The van der Waals surface area contributed by atoms with E-state index >= 15 is 0 Å². The van der Waals surface area contributed by atoms with Crippen LogP contribution < -0.4 is 5.73 Å². The summed E-state index contributed by atoms with van der Waals surface area (Å²) in [5, 5.41) is 10.5. The molecule has 98 valence electrons. The second kappa shape index (κ2) is 5.93. The predicted molar refractivity (Wildman–Crippen MR) is 68.3 cm³/mol. The highest BCUT2D eigenvalue weighted by molar-refractivity contribution is 5.33. The Morgan fingerprint density at radius 3 is 2.50 bits per heavy atom. The number of non-ortho nitro benzene ring substituents is 1. The molecule has 1 aromatic rings. The summed E-state index contributed by atoms with van der Waals surface area (Å²) < 4.78 is 5.31. The minimum atomic E-state index is -0.387. The predicted octanol–water partition coefficient (Wildman–Crippen LogP) is 1.89. The molecule has 0 aromatic heterocycles. The summed E-state index contributed by atoms with van der Waals surface area (Å²) in [4.78, 5) is 10.2. The van der Waals surface area contributed by atoms with Crippen molar-refractivity contribution in [3.8, 4) is 0 Å². The van der Waals surface area contributed by atoms with Gasteiger partial charge in [-0.15, -0.1) is 0 Å². The van der Waals surface area contributed by atoms with Gasteiger partial charge in [-0.3, -0.25) is 10.1 Å². The lowest BCUT2D eigenvalue weighted by atomic mass is 9.88. The van der Waals surface area contributed by atoms with Crippen LogP contribution in [0.3, 0.4) is 0 Å². The zero-order valence-electron chi connectivity index (χ0n) is 10.2. The molecule has 2 N–H and O–H groups in total. The molecule has 0 spiro atoms. The lowest BCUT2D eigenvalue weighted by Crippen LogP contribution is -2.36. The van der Waals surface area contributed by atoms with Gasteiger partial charge in [0, 0.05) is 31.4 Å². The van der Waals surface area contributed by atoms with Gasteiger partial charge >= 0.3 is 0 Å². The van der Waals surface area contributed by atoms with E-state index in [0.717, 1.165) is 38.0 Å². The molecule has 2 rings (SSSR count). The fourth-order valence-corrected chi connectivity index (χ4v) is 2.34. The fourth-order valence-electron chi connectivity index (χ4n) is 2.34. The van der Waals surface area contributed by atoms with Crippen LogP contribution in [0, 0.1) is 16.0 Å². The van der Waals surface area contributed by atoms with Crippen LogP contribution in [0.15, 0.2) is 24.3 Å². The van der Waals surface area contributed by atoms with Gasteiger partial charge in [-0.05, 0) is 30.7 Å². The Labute approximate surface area is 106 Å². The molecule has 1 unspecified atom stereocenters. The first-order chi connectivity index (χ1) is 8.66. The van der Waals surface area contributed by atoms with Crippen LogP contribution in [0.4, 0.5) is 5.69 Å². The van der Waals surface area contributed by atoms with Gasteiger partial charge in [0.25, 0.3) is 5.69 Å². The van der Waals surface area contributed by atoms with Crippen molar-refractivity contribution in [2.45, 2.75) is 25.3 Å². The van der Waals surface area contributed by atoms with Crippen LogP contribution in [0.5, 0.6) is 0 Å². The van der Waals surface area contributed by atoms with E-state index < -0.39 is 0 Å². The largest absolute Gasteiger partial charge is 0.381 e. The molecule has 0 saturated carbocycles. The maximum atomic E-state index is 10.5. The minimum absolute atomic E-state index is 0.107. The first kappa shape index (κ1) is 13.0. The number of ether oxygens (including phenoxy) is 1. The summed E-state index contributed by atoms with van der Waals surface area (Å²) >= 11 is 0. The molecule has 0 amide bonds. The van der Waals surface area contributed by atoms with Crippen molar-refractivity contribution in [3.63, 3.8) is 0 Å². The molecule has 18 heavy (non-hydrogen) atoms. The molecule has 1 saturated heterocycles. The Morgan fingerprint density at radius 2 is 1.94 bits per heavy atom. The van der Waals surface area contributed by atoms with Crippen LogP contribution >= 0.6 is 0 Å². The summed E-state index contributed by atoms with van der Waals surface area (Å²) in [5.74, 6) is 0.494. The molecule has 1 heterocycles. The molecule has 1 aliphatic heterocycles. The summed E-state index contributed by atoms with van der Waals surface area (Å²) in [7, 11) is 0. The van der Waals surface area contributed by atoms with E-state index in [1.54, 1.807) is 12.1 Å². The number of benzene rings is 1. The Morgan fingerprint density at radius 1 is 1.33 bits per heavy atom. The molecule has 5 nitrogen and oxygen atoms in total. The van der Waals surface area contributed by atoms with Crippen LogP contribution in [0.1, 0.15) is 18.4 Å². The van der Waals surface area contributed by atoms with Crippen molar-refractivity contribution >= 4 is 5.69 Å². The summed E-state index contributed by atoms with van der Waals surface area (Å²) in [6.07, 6.45) is 2.78. The van der Waals surface area contributed by atoms with Gasteiger partial charge in [0.2, 0.25) is 0 Å². The lowest BCUT2D eigenvalue weighted by Gasteiger charge is -2.27. The maximum absolute atomic E-state index is 10.5. The standard InChI is InChI=1S/C13H18N2O3/c14-13(11-5-7-18-8-6-11)9-10-1-3-12(4-2-10)15(16)17/h1-4,11,13H,5-9,14H2. The average molecular weight is 250 g/mol. The van der Waals surface area contributed by atoms with Crippen molar-refractivity contribution in [1.29, 1.82) is 0 Å². The molecular weight excluding hydrogens is 232 g/mol. The SMILES string of the molecule is NC(Cc1ccc([N+](=O)[O-])cc1)C1CCOCC1. The van der Waals surface area contributed by atoms with Crippen LogP contribution in [-0.4, -0.2) is 24.2 Å². The summed E-state index contributed by atoms with van der Waals surface area (Å²) in [6.45, 7) is 1.58. The Bertz CT molecular complexity index is 399. The van der Waals surface area contributed by atoms with E-state index in [0.29, 0.717) is 5.92 Å². The Kier molecular flexibility index (Phi) is 4.28. The number of nitrogens with two attached hydrogens (primary N) is 1. The van der Waals surface area contributed by atoms with Gasteiger partial charge in [0.05, 0.1) is 4.92 Å². The molecule has 1 atom stereocenters. The molecule has 1 aliphatic rings. The molecule has 1 aromatic carbocycles. The highest BCUT2D eigenvalue weighted by Crippen LogP contribution is 2.21. The molecule has 1 fully saturated rings. The zero-order chi connectivity index (χ0) is 13.0. The van der Waals surface area contributed by atoms with E-state index in [9.17, 15) is 10.1 Å². The van der Waals surface area contributed by atoms with E-state index in [-0.39, 0.29) is 16.7 Å². The van der Waals surface area contributed by atoms with Crippen molar-refractivity contribution in [2.24, 2.45) is 11.7 Å². The topological polar surface area (TPSA) is 78.4 Å². The van der Waals surface area contributed by atoms with Crippen LogP contribution in [0.25, 0.3) is 0 Å². The maximum Gasteiger partial charge on any atom is 0.269 e. The minimum Gasteiger partial charge on any atom is -0.381 e. The third-order valence-electron chi connectivity index (χ3n) is 3.49. The molecule has 0 aliphatic carbocycles. The third kappa shape index (κ3) is 3.27. The normalized spacial score (nSPS) is 18.5. The number of hydrogen-bond acceptors (Lipinski definition) is 4. The highest BCUT2D eigenvalue weighted by Gasteiger charge is 2.21. The van der Waals surface area contributed by atoms with Crippen LogP contribution in [-0.2, 0) is 11.2 Å². The van der Waals surface area contributed by atoms with E-state index in [1.807, 2.05) is 0 Å². The first-order valence-corrected chi connectivity index (χ1v) is 6.23. The average Bonchev–Trinajstić information content (AvgIpc) is 2.40. The second-order valence-electron chi connectivity index (χ2n) is 4.74. The van der Waals surface area contributed by atoms with Crippen molar-refractivity contribution in [1.82, 2.24) is 0 Å². The molecule has 0 radical (unpaired) electrons. The molecular formula is C13H18N2O3. The lowest BCUT2D eigenvalue weighted by molar-refractivity contribution is -0.384. The first-order valence-electron chi connectivity index (χ1n) is 6.23. The fraction of sp³-hybridized carbons (Fsp3) is 0.538. The van der Waals surface area contributed by atoms with Crippen molar-refractivity contribution in [3.05, 3.63) is 39.9 Å². The van der Waals surface area contributed by atoms with Gasteiger partial charge in [-0.25, -0.2) is 0 Å². The van der Waals surface area contributed by atoms with Crippen molar-refractivity contribution in [2.75, 3.05) is 13.2 Å². The van der Waals surface area contributed by atoms with Crippen molar-refractivity contribution < 1.29 is 9.66 Å². The Hall–Kier alpha value is -1.46.